The van der Waals surface area contributed by atoms with Crippen LogP contribution >= 0.6 is 0 Å². The number of piperazine rings is 1. The van der Waals surface area contributed by atoms with Crippen LogP contribution in [0.15, 0.2) is 42.5 Å². The fraction of sp³-hybridized carbons (Fsp3) is 0.462. The molecule has 0 aliphatic carbocycles. The van der Waals surface area contributed by atoms with E-state index in [1.54, 1.807) is 39.5 Å². The Bertz CT molecular complexity index is 972. The summed E-state index contributed by atoms with van der Waals surface area (Å²) in [6.07, 6.45) is 1.37. The molecular formula is C26H33N3O5. The molecule has 8 heteroatoms. The maximum atomic E-state index is 13.1. The van der Waals surface area contributed by atoms with Crippen LogP contribution in [0.25, 0.3) is 0 Å². The Morgan fingerprint density at radius 1 is 0.706 bits per heavy atom. The maximum Gasteiger partial charge on any atom is 0.254 e. The Balaban J connectivity index is 1.29. The summed E-state index contributed by atoms with van der Waals surface area (Å²) in [4.78, 5) is 32.3. The molecule has 2 aromatic carbocycles. The van der Waals surface area contributed by atoms with Crippen LogP contribution in [0.4, 0.5) is 5.69 Å². The quantitative estimate of drug-likeness (QED) is 0.651. The molecule has 0 saturated carbocycles. The van der Waals surface area contributed by atoms with Gasteiger partial charge in [-0.2, -0.15) is 0 Å². The minimum absolute atomic E-state index is 0.0311. The minimum atomic E-state index is -0.0591. The number of hydrogen-bond donors (Lipinski definition) is 0. The lowest BCUT2D eigenvalue weighted by Gasteiger charge is -2.39. The fourth-order valence-corrected chi connectivity index (χ4v) is 4.68. The van der Waals surface area contributed by atoms with Gasteiger partial charge in [-0.3, -0.25) is 9.59 Å². The van der Waals surface area contributed by atoms with Gasteiger partial charge in [0.2, 0.25) is 5.91 Å². The maximum absolute atomic E-state index is 13.1. The molecule has 8 nitrogen and oxygen atoms in total. The van der Waals surface area contributed by atoms with Gasteiger partial charge in [0.1, 0.15) is 17.2 Å². The van der Waals surface area contributed by atoms with Crippen molar-refractivity contribution in [3.8, 4) is 17.2 Å². The molecule has 34 heavy (non-hydrogen) atoms. The zero-order valence-corrected chi connectivity index (χ0v) is 20.2. The van der Waals surface area contributed by atoms with Crippen molar-refractivity contribution < 1.29 is 23.8 Å². The second-order valence-electron chi connectivity index (χ2n) is 8.68. The van der Waals surface area contributed by atoms with Crippen molar-refractivity contribution in [3.05, 3.63) is 48.0 Å². The van der Waals surface area contributed by atoms with Gasteiger partial charge >= 0.3 is 0 Å². The highest BCUT2D eigenvalue weighted by molar-refractivity contribution is 5.95. The van der Waals surface area contributed by atoms with Gasteiger partial charge in [0.15, 0.2) is 0 Å². The predicted molar refractivity (Wildman–Crippen MR) is 130 cm³/mol. The van der Waals surface area contributed by atoms with E-state index in [0.717, 1.165) is 24.5 Å². The summed E-state index contributed by atoms with van der Waals surface area (Å²) in [6.45, 7) is 4.20. The molecule has 2 amide bonds. The van der Waals surface area contributed by atoms with E-state index in [-0.39, 0.29) is 17.7 Å². The van der Waals surface area contributed by atoms with Crippen LogP contribution in [-0.4, -0.2) is 82.2 Å². The van der Waals surface area contributed by atoms with Crippen LogP contribution in [0.5, 0.6) is 17.2 Å². The number of methoxy groups -OCH3 is 3. The van der Waals surface area contributed by atoms with Crippen molar-refractivity contribution in [3.63, 3.8) is 0 Å². The Labute approximate surface area is 201 Å². The number of hydrogen-bond acceptors (Lipinski definition) is 6. The van der Waals surface area contributed by atoms with Crippen LogP contribution in [0.2, 0.25) is 0 Å². The molecule has 0 aromatic heterocycles. The molecule has 0 N–H and O–H groups in total. The van der Waals surface area contributed by atoms with E-state index >= 15 is 0 Å². The summed E-state index contributed by atoms with van der Waals surface area (Å²) in [7, 11) is 4.80. The molecule has 2 aromatic rings. The number of piperidine rings is 1. The van der Waals surface area contributed by atoms with Gasteiger partial charge in [-0.05, 0) is 49.2 Å². The van der Waals surface area contributed by atoms with E-state index < -0.39 is 0 Å². The molecule has 2 saturated heterocycles. The highest BCUT2D eigenvalue weighted by Gasteiger charge is 2.32. The van der Waals surface area contributed by atoms with Crippen molar-refractivity contribution in [1.29, 1.82) is 0 Å². The van der Waals surface area contributed by atoms with Gasteiger partial charge in [0.05, 0.1) is 21.3 Å². The number of anilines is 1. The van der Waals surface area contributed by atoms with Crippen LogP contribution in [0.3, 0.4) is 0 Å². The summed E-state index contributed by atoms with van der Waals surface area (Å²) in [5, 5.41) is 0. The van der Waals surface area contributed by atoms with Gasteiger partial charge in [-0.1, -0.05) is 0 Å². The number of nitrogens with zero attached hydrogens (tertiary/aromatic N) is 3. The summed E-state index contributed by atoms with van der Waals surface area (Å²) in [5.74, 6) is 2.13. The van der Waals surface area contributed by atoms with E-state index in [1.807, 2.05) is 21.9 Å². The summed E-state index contributed by atoms with van der Waals surface area (Å²) in [6, 6.07) is 13.2. The lowest BCUT2D eigenvalue weighted by atomic mass is 9.94. The van der Waals surface area contributed by atoms with Crippen LogP contribution in [-0.2, 0) is 4.79 Å². The largest absolute Gasteiger partial charge is 0.497 e. The van der Waals surface area contributed by atoms with Gasteiger partial charge in [-0.25, -0.2) is 0 Å². The topological polar surface area (TPSA) is 71.6 Å². The normalized spacial score (nSPS) is 16.9. The lowest BCUT2D eigenvalue weighted by molar-refractivity contribution is -0.137. The van der Waals surface area contributed by atoms with Crippen molar-refractivity contribution >= 4 is 17.5 Å². The first-order valence-electron chi connectivity index (χ1n) is 11.7. The van der Waals surface area contributed by atoms with Gasteiger partial charge in [0, 0.05) is 62.5 Å². The molecule has 0 bridgehead atoms. The third kappa shape index (κ3) is 5.21. The summed E-state index contributed by atoms with van der Waals surface area (Å²) in [5.41, 5.74) is 1.68. The minimum Gasteiger partial charge on any atom is -0.497 e. The third-order valence-corrected chi connectivity index (χ3v) is 6.76. The number of rotatable bonds is 6. The molecule has 0 radical (unpaired) electrons. The zero-order valence-electron chi connectivity index (χ0n) is 20.2. The first-order valence-corrected chi connectivity index (χ1v) is 11.7. The Hall–Kier alpha value is -3.42. The fourth-order valence-electron chi connectivity index (χ4n) is 4.68. The molecule has 182 valence electrons. The molecule has 2 fully saturated rings. The van der Waals surface area contributed by atoms with Crippen molar-refractivity contribution in [2.45, 2.75) is 12.8 Å². The van der Waals surface area contributed by atoms with E-state index in [4.69, 9.17) is 14.2 Å². The molecule has 2 aliphatic heterocycles. The van der Waals surface area contributed by atoms with Crippen LogP contribution < -0.4 is 19.1 Å². The van der Waals surface area contributed by atoms with E-state index in [0.29, 0.717) is 56.1 Å². The first kappa shape index (κ1) is 23.7. The predicted octanol–water partition coefficient (Wildman–Crippen LogP) is 2.91. The summed E-state index contributed by atoms with van der Waals surface area (Å²) >= 11 is 0. The Morgan fingerprint density at radius 2 is 1.26 bits per heavy atom. The molecular weight excluding hydrogens is 434 g/mol. The van der Waals surface area contributed by atoms with Crippen molar-refractivity contribution in [2.75, 3.05) is 65.5 Å². The second kappa shape index (κ2) is 10.7. The summed E-state index contributed by atoms with van der Waals surface area (Å²) < 4.78 is 15.8. The number of likely N-dealkylation sites (tertiary alicyclic amines) is 1. The number of benzene rings is 2. The first-order chi connectivity index (χ1) is 16.5. The average molecular weight is 468 g/mol. The highest BCUT2D eigenvalue weighted by atomic mass is 16.5. The van der Waals surface area contributed by atoms with Crippen molar-refractivity contribution in [1.82, 2.24) is 9.80 Å². The Kier molecular flexibility index (Phi) is 7.45. The molecule has 4 rings (SSSR count). The van der Waals surface area contributed by atoms with E-state index in [1.165, 1.54) is 0 Å². The average Bonchev–Trinajstić information content (AvgIpc) is 2.92. The molecule has 0 atom stereocenters. The van der Waals surface area contributed by atoms with Crippen LogP contribution in [0.1, 0.15) is 23.2 Å². The smallest absolute Gasteiger partial charge is 0.254 e. The number of amides is 2. The van der Waals surface area contributed by atoms with Gasteiger partial charge in [-0.15, -0.1) is 0 Å². The number of carbonyl (C=O) groups excluding carboxylic acids is 2. The lowest BCUT2D eigenvalue weighted by Crippen LogP contribution is -2.52. The second-order valence-corrected chi connectivity index (χ2v) is 8.68. The Morgan fingerprint density at radius 3 is 1.79 bits per heavy atom. The van der Waals surface area contributed by atoms with Gasteiger partial charge < -0.3 is 28.9 Å². The molecule has 2 aliphatic rings. The van der Waals surface area contributed by atoms with E-state index in [9.17, 15) is 9.59 Å². The third-order valence-electron chi connectivity index (χ3n) is 6.76. The van der Waals surface area contributed by atoms with Gasteiger partial charge in [0.25, 0.3) is 5.91 Å². The van der Waals surface area contributed by atoms with E-state index in [2.05, 4.69) is 17.0 Å². The molecule has 2 heterocycles. The number of carbonyl (C=O) groups is 2. The highest BCUT2D eigenvalue weighted by Crippen LogP contribution is 2.27. The standard InChI is InChI=1S/C26H33N3O5/c1-32-22-6-4-21(5-7-22)27-12-14-29(15-13-27)25(30)19-8-10-28(11-9-19)26(31)20-16-23(33-2)18-24(17-20)34-3/h4-7,16-19H,8-15H2,1-3H3. The monoisotopic (exact) mass is 467 g/mol. The van der Waals surface area contributed by atoms with Crippen LogP contribution in [0, 0.1) is 5.92 Å². The molecule has 0 spiro atoms. The zero-order chi connectivity index (χ0) is 24.1. The SMILES string of the molecule is COc1ccc(N2CCN(C(=O)C3CCN(C(=O)c4cc(OC)cc(OC)c4)CC3)CC2)cc1. The van der Waals surface area contributed by atoms with Crippen molar-refractivity contribution in [2.24, 2.45) is 5.92 Å². The molecule has 0 unspecified atom stereocenters. The number of ether oxygens (including phenoxy) is 3.